The second kappa shape index (κ2) is 12.8. The molecule has 2 atom stereocenters. The molecule has 0 saturated carbocycles. The standard InChI is InChI=1S/C29H39F2N3O4/c1-18(2)22-16-23(30)27(37-3)24(25(22)31)26(29(35)36)34-14-12-21(17-34)38-15-6-4-5-9-20-11-10-19-8-7-13-32-28(19)33-20/h10-11,16,18,21,26H,4-9,12-15,17H2,1-3H3,(H,32,33)(H,35,36)/t21-,26?/m1/s1. The van der Waals surface area contributed by atoms with Crippen LogP contribution in [-0.4, -0.2) is 60.4 Å². The van der Waals surface area contributed by atoms with Crippen molar-refractivity contribution in [3.05, 3.63) is 52.2 Å². The van der Waals surface area contributed by atoms with E-state index in [0.717, 1.165) is 62.6 Å². The van der Waals surface area contributed by atoms with Crippen molar-refractivity contribution < 1.29 is 28.2 Å². The fraction of sp³-hybridized carbons (Fsp3) is 0.586. The Hall–Kier alpha value is -2.78. The number of benzene rings is 1. The summed E-state index contributed by atoms with van der Waals surface area (Å²) in [5.41, 5.74) is 2.28. The summed E-state index contributed by atoms with van der Waals surface area (Å²) in [6.07, 6.45) is 6.55. The number of nitrogens with one attached hydrogen (secondary N) is 1. The molecule has 2 aromatic rings. The number of carbonyl (C=O) groups is 1. The molecule has 0 radical (unpaired) electrons. The summed E-state index contributed by atoms with van der Waals surface area (Å²) in [5.74, 6) is -2.36. The van der Waals surface area contributed by atoms with Gasteiger partial charge in [0.2, 0.25) is 0 Å². The van der Waals surface area contributed by atoms with E-state index in [1.54, 1.807) is 18.7 Å². The monoisotopic (exact) mass is 531 g/mol. The predicted octanol–water partition coefficient (Wildman–Crippen LogP) is 5.48. The van der Waals surface area contributed by atoms with Crippen LogP contribution in [0.25, 0.3) is 0 Å². The number of hydrogen-bond acceptors (Lipinski definition) is 6. The zero-order valence-electron chi connectivity index (χ0n) is 22.6. The average Bonchev–Trinajstić information content (AvgIpc) is 3.35. The Bertz CT molecular complexity index is 1130. The molecule has 3 heterocycles. The highest BCUT2D eigenvalue weighted by Gasteiger charge is 2.39. The lowest BCUT2D eigenvalue weighted by Crippen LogP contribution is -2.35. The summed E-state index contributed by atoms with van der Waals surface area (Å²) in [4.78, 5) is 18.7. The Balaban J connectivity index is 1.29. The van der Waals surface area contributed by atoms with Crippen LogP contribution in [0.4, 0.5) is 14.6 Å². The van der Waals surface area contributed by atoms with Gasteiger partial charge in [-0.2, -0.15) is 0 Å². The van der Waals surface area contributed by atoms with Gasteiger partial charge in [0.25, 0.3) is 0 Å². The van der Waals surface area contributed by atoms with Crippen LogP contribution in [0.15, 0.2) is 18.2 Å². The van der Waals surface area contributed by atoms with E-state index in [-0.39, 0.29) is 28.9 Å². The smallest absolute Gasteiger partial charge is 0.325 e. The third-order valence-corrected chi connectivity index (χ3v) is 7.49. The summed E-state index contributed by atoms with van der Waals surface area (Å²) in [5, 5.41) is 13.4. The number of halogens is 2. The highest BCUT2D eigenvalue weighted by molar-refractivity contribution is 5.77. The summed E-state index contributed by atoms with van der Waals surface area (Å²) in [6, 6.07) is 4.04. The van der Waals surface area contributed by atoms with Crippen LogP contribution in [0.5, 0.6) is 5.75 Å². The van der Waals surface area contributed by atoms with Crippen LogP contribution in [-0.2, 0) is 22.4 Å². The van der Waals surface area contributed by atoms with E-state index < -0.39 is 23.6 Å². The quantitative estimate of drug-likeness (QED) is 0.351. The van der Waals surface area contributed by atoms with Crippen molar-refractivity contribution in [1.29, 1.82) is 0 Å². The molecule has 2 N–H and O–H groups in total. The molecule has 2 aliphatic rings. The molecule has 0 bridgehead atoms. The van der Waals surface area contributed by atoms with Gasteiger partial charge >= 0.3 is 5.97 Å². The summed E-state index contributed by atoms with van der Waals surface area (Å²) in [7, 11) is 1.23. The number of ether oxygens (including phenoxy) is 2. The number of fused-ring (bicyclic) bond motifs is 1. The number of aliphatic carboxylic acids is 1. The zero-order chi connectivity index (χ0) is 27.2. The molecular weight excluding hydrogens is 492 g/mol. The zero-order valence-corrected chi connectivity index (χ0v) is 22.6. The van der Waals surface area contributed by atoms with Gasteiger partial charge in [-0.15, -0.1) is 0 Å². The van der Waals surface area contributed by atoms with Gasteiger partial charge in [0.15, 0.2) is 11.6 Å². The molecule has 4 rings (SSSR count). The van der Waals surface area contributed by atoms with Gasteiger partial charge in [0, 0.05) is 31.9 Å². The molecule has 7 nitrogen and oxygen atoms in total. The molecule has 0 spiro atoms. The molecule has 208 valence electrons. The molecular formula is C29H39F2N3O4. The summed E-state index contributed by atoms with van der Waals surface area (Å²) >= 11 is 0. The number of anilines is 1. The molecule has 38 heavy (non-hydrogen) atoms. The topological polar surface area (TPSA) is 83.9 Å². The van der Waals surface area contributed by atoms with Gasteiger partial charge in [-0.25, -0.2) is 13.8 Å². The Morgan fingerprint density at radius 1 is 1.26 bits per heavy atom. The largest absolute Gasteiger partial charge is 0.493 e. The van der Waals surface area contributed by atoms with E-state index in [2.05, 4.69) is 17.4 Å². The molecule has 0 amide bonds. The van der Waals surface area contributed by atoms with Crippen molar-refractivity contribution in [1.82, 2.24) is 9.88 Å². The van der Waals surface area contributed by atoms with Crippen molar-refractivity contribution in [3.8, 4) is 5.75 Å². The number of aryl methyl sites for hydroxylation is 2. The van der Waals surface area contributed by atoms with Crippen molar-refractivity contribution in [2.75, 3.05) is 38.7 Å². The molecule has 1 fully saturated rings. The highest BCUT2D eigenvalue weighted by atomic mass is 19.1. The number of hydrogen-bond donors (Lipinski definition) is 2. The first-order valence-corrected chi connectivity index (χ1v) is 13.7. The first kappa shape index (κ1) is 28.2. The van der Waals surface area contributed by atoms with Crippen LogP contribution < -0.4 is 10.1 Å². The Labute approximate surface area is 223 Å². The number of methoxy groups -OCH3 is 1. The second-order valence-corrected chi connectivity index (χ2v) is 10.5. The minimum absolute atomic E-state index is 0.137. The maximum atomic E-state index is 15.5. The second-order valence-electron chi connectivity index (χ2n) is 10.5. The lowest BCUT2D eigenvalue weighted by Gasteiger charge is -2.27. The minimum atomic E-state index is -1.36. The van der Waals surface area contributed by atoms with Crippen molar-refractivity contribution in [3.63, 3.8) is 0 Å². The van der Waals surface area contributed by atoms with Crippen LogP contribution >= 0.6 is 0 Å². The third kappa shape index (κ3) is 6.43. The van der Waals surface area contributed by atoms with E-state index in [0.29, 0.717) is 26.1 Å². The first-order valence-electron chi connectivity index (χ1n) is 13.7. The molecule has 1 unspecified atom stereocenters. The number of aromatic nitrogens is 1. The number of pyridine rings is 1. The third-order valence-electron chi connectivity index (χ3n) is 7.49. The van der Waals surface area contributed by atoms with Crippen LogP contribution in [0.1, 0.15) is 80.3 Å². The van der Waals surface area contributed by atoms with E-state index in [9.17, 15) is 14.3 Å². The molecule has 1 aromatic heterocycles. The minimum Gasteiger partial charge on any atom is -0.493 e. The van der Waals surface area contributed by atoms with Gasteiger partial charge in [-0.1, -0.05) is 26.3 Å². The maximum Gasteiger partial charge on any atom is 0.325 e. The van der Waals surface area contributed by atoms with Crippen LogP contribution in [0.3, 0.4) is 0 Å². The molecule has 0 aliphatic carbocycles. The fourth-order valence-electron chi connectivity index (χ4n) is 5.45. The molecule has 1 aromatic carbocycles. The fourth-order valence-corrected chi connectivity index (χ4v) is 5.45. The Kier molecular flexibility index (Phi) is 9.54. The van der Waals surface area contributed by atoms with E-state index in [1.807, 2.05) is 0 Å². The number of likely N-dealkylation sites (tertiary alicyclic amines) is 1. The number of carboxylic acid groups (broad SMARTS) is 1. The Morgan fingerprint density at radius 3 is 2.82 bits per heavy atom. The van der Waals surface area contributed by atoms with E-state index >= 15 is 4.39 Å². The number of rotatable bonds is 12. The molecule has 9 heteroatoms. The van der Waals surface area contributed by atoms with Gasteiger partial charge in [0.1, 0.15) is 17.7 Å². The lowest BCUT2D eigenvalue weighted by atomic mass is 9.94. The van der Waals surface area contributed by atoms with Crippen LogP contribution in [0, 0.1) is 11.6 Å². The van der Waals surface area contributed by atoms with Gasteiger partial charge in [-0.3, -0.25) is 9.69 Å². The number of nitrogens with zero attached hydrogens (tertiary/aromatic N) is 2. The SMILES string of the molecule is COc1c(F)cc(C(C)C)c(F)c1C(C(=O)O)N1CC[C@@H](OCCCCCc2ccc3c(n2)NCCC3)C1. The van der Waals surface area contributed by atoms with Gasteiger partial charge < -0.3 is 19.9 Å². The van der Waals surface area contributed by atoms with Crippen molar-refractivity contribution >= 4 is 11.8 Å². The predicted molar refractivity (Wildman–Crippen MR) is 142 cm³/mol. The molecule has 1 saturated heterocycles. The number of carboxylic acids is 1. The maximum absolute atomic E-state index is 15.5. The van der Waals surface area contributed by atoms with Crippen LogP contribution in [0.2, 0.25) is 0 Å². The lowest BCUT2D eigenvalue weighted by molar-refractivity contribution is -0.143. The van der Waals surface area contributed by atoms with Gasteiger partial charge in [0.05, 0.1) is 18.8 Å². The Morgan fingerprint density at radius 2 is 2.08 bits per heavy atom. The van der Waals surface area contributed by atoms with Crippen molar-refractivity contribution in [2.24, 2.45) is 0 Å². The van der Waals surface area contributed by atoms with Gasteiger partial charge in [-0.05, 0) is 67.7 Å². The summed E-state index contributed by atoms with van der Waals surface area (Å²) in [6.45, 7) is 5.78. The first-order chi connectivity index (χ1) is 18.3. The summed E-state index contributed by atoms with van der Waals surface area (Å²) < 4.78 is 41.4. The molecule has 2 aliphatic heterocycles. The highest BCUT2D eigenvalue weighted by Crippen LogP contribution is 2.39. The van der Waals surface area contributed by atoms with Crippen molar-refractivity contribution in [2.45, 2.75) is 76.9 Å². The van der Waals surface area contributed by atoms with E-state index in [4.69, 9.17) is 14.5 Å². The van der Waals surface area contributed by atoms with E-state index in [1.165, 1.54) is 12.7 Å². The normalized spacial score (nSPS) is 18.3. The average molecular weight is 532 g/mol. The number of unbranched alkanes of at least 4 members (excludes halogenated alkanes) is 2.